The number of nitrogens with zero attached hydrogens (tertiary/aromatic N) is 1. The van der Waals surface area contributed by atoms with Gasteiger partial charge in [-0.15, -0.1) is 0 Å². The molecule has 1 rings (SSSR count). The van der Waals surface area contributed by atoms with Crippen molar-refractivity contribution >= 4 is 17.3 Å². The van der Waals surface area contributed by atoms with E-state index in [2.05, 4.69) is 58.6 Å². The van der Waals surface area contributed by atoms with Gasteiger partial charge in [0.25, 0.3) is 0 Å². The van der Waals surface area contributed by atoms with Crippen LogP contribution in [0.15, 0.2) is 18.2 Å². The third-order valence-corrected chi connectivity index (χ3v) is 4.21. The highest BCUT2D eigenvalue weighted by Gasteiger charge is 2.26. The summed E-state index contributed by atoms with van der Waals surface area (Å²) < 4.78 is 5.10. The van der Waals surface area contributed by atoms with Crippen molar-refractivity contribution < 1.29 is 9.53 Å². The first-order valence-electron chi connectivity index (χ1n) is 9.37. The summed E-state index contributed by atoms with van der Waals surface area (Å²) in [7, 11) is 0. The van der Waals surface area contributed by atoms with Crippen molar-refractivity contribution in [2.45, 2.75) is 60.3 Å². The lowest BCUT2D eigenvalue weighted by Crippen LogP contribution is -2.32. The summed E-state index contributed by atoms with van der Waals surface area (Å²) in [5.74, 6) is 0.965. The average molecular weight is 349 g/mol. The fraction of sp³-hybridized carbons (Fsp3) is 0.667. The van der Waals surface area contributed by atoms with Crippen molar-refractivity contribution in [1.29, 1.82) is 0 Å². The number of ether oxygens (including phenoxy) is 1. The van der Waals surface area contributed by atoms with Gasteiger partial charge in [0, 0.05) is 18.5 Å². The summed E-state index contributed by atoms with van der Waals surface area (Å²) >= 11 is 0. The highest BCUT2D eigenvalue weighted by Crippen LogP contribution is 2.33. The van der Waals surface area contributed by atoms with Crippen molar-refractivity contribution in [1.82, 2.24) is 0 Å². The van der Waals surface area contributed by atoms with Crippen LogP contribution in [0.4, 0.5) is 11.4 Å². The summed E-state index contributed by atoms with van der Waals surface area (Å²) in [6, 6.07) is 6.21. The molecule has 0 spiro atoms. The lowest BCUT2D eigenvalue weighted by atomic mass is 9.81. The van der Waals surface area contributed by atoms with Crippen molar-refractivity contribution in [3.8, 4) is 0 Å². The smallest absolute Gasteiger partial charge is 0.306 e. The van der Waals surface area contributed by atoms with E-state index in [0.717, 1.165) is 30.0 Å². The van der Waals surface area contributed by atoms with Gasteiger partial charge in [-0.25, -0.2) is 0 Å². The normalized spacial score (nSPS) is 11.9. The number of carbonyl (C=O) groups excluding carboxylic acids is 1. The largest absolute Gasteiger partial charge is 0.466 e. The van der Waals surface area contributed by atoms with Crippen LogP contribution in [-0.2, 0) is 14.9 Å². The molecule has 4 nitrogen and oxygen atoms in total. The Hall–Kier alpha value is -1.71. The summed E-state index contributed by atoms with van der Waals surface area (Å²) in [6.45, 7) is 17.2. The van der Waals surface area contributed by atoms with E-state index in [-0.39, 0.29) is 11.4 Å². The monoisotopic (exact) mass is 348 g/mol. The van der Waals surface area contributed by atoms with Crippen LogP contribution in [-0.4, -0.2) is 25.7 Å². The molecule has 0 aliphatic rings. The van der Waals surface area contributed by atoms with Gasteiger partial charge >= 0.3 is 5.97 Å². The summed E-state index contributed by atoms with van der Waals surface area (Å²) in [5.41, 5.74) is 9.02. The van der Waals surface area contributed by atoms with Crippen LogP contribution in [0, 0.1) is 11.8 Å². The number of nitrogens with two attached hydrogens (primary N) is 1. The number of nitrogen functional groups attached to an aromatic ring is 1. The fourth-order valence-electron chi connectivity index (χ4n) is 3.09. The number of rotatable bonds is 9. The molecule has 0 fully saturated rings. The Bertz CT molecular complexity index is 555. The molecule has 0 aliphatic heterocycles. The topological polar surface area (TPSA) is 55.6 Å². The molecule has 0 saturated carbocycles. The van der Waals surface area contributed by atoms with Crippen molar-refractivity contribution in [3.05, 3.63) is 23.8 Å². The lowest BCUT2D eigenvalue weighted by molar-refractivity contribution is -0.144. The van der Waals surface area contributed by atoms with E-state index in [1.807, 2.05) is 13.0 Å². The number of hydrogen-bond donors (Lipinski definition) is 1. The number of esters is 1. The van der Waals surface area contributed by atoms with E-state index in [0.29, 0.717) is 24.9 Å². The van der Waals surface area contributed by atoms with E-state index in [1.54, 1.807) is 0 Å². The van der Waals surface area contributed by atoms with E-state index in [4.69, 9.17) is 10.5 Å². The Balaban J connectivity index is 3.06. The van der Waals surface area contributed by atoms with E-state index >= 15 is 0 Å². The minimum absolute atomic E-state index is 0.170. The van der Waals surface area contributed by atoms with Crippen LogP contribution < -0.4 is 10.6 Å². The van der Waals surface area contributed by atoms with Gasteiger partial charge in [-0.3, -0.25) is 4.79 Å². The minimum Gasteiger partial charge on any atom is -0.466 e. The second-order valence-electron chi connectivity index (χ2n) is 8.33. The Morgan fingerprint density at radius 1 is 1.16 bits per heavy atom. The minimum atomic E-state index is -0.306. The van der Waals surface area contributed by atoms with Gasteiger partial charge in [-0.2, -0.15) is 0 Å². The quantitative estimate of drug-likeness (QED) is 0.523. The third kappa shape index (κ3) is 6.60. The lowest BCUT2D eigenvalue weighted by Gasteiger charge is -2.31. The van der Waals surface area contributed by atoms with Crippen LogP contribution in [0.1, 0.15) is 60.5 Å². The zero-order valence-electron chi connectivity index (χ0n) is 17.1. The molecule has 0 aromatic heterocycles. The van der Waals surface area contributed by atoms with Gasteiger partial charge in [-0.05, 0) is 36.5 Å². The molecule has 4 heteroatoms. The zero-order chi connectivity index (χ0) is 19.2. The third-order valence-electron chi connectivity index (χ3n) is 4.21. The van der Waals surface area contributed by atoms with Crippen LogP contribution in [0.5, 0.6) is 0 Å². The Kier molecular flexibility index (Phi) is 7.78. The van der Waals surface area contributed by atoms with Crippen molar-refractivity contribution in [3.63, 3.8) is 0 Å². The van der Waals surface area contributed by atoms with Gasteiger partial charge in [0.05, 0.1) is 24.4 Å². The molecule has 0 amide bonds. The molecule has 0 unspecified atom stereocenters. The maximum absolute atomic E-state index is 11.9. The molecule has 0 heterocycles. The number of carbonyl (C=O) groups is 1. The van der Waals surface area contributed by atoms with Gasteiger partial charge in [0.2, 0.25) is 0 Å². The molecule has 0 aliphatic carbocycles. The summed E-state index contributed by atoms with van der Waals surface area (Å²) in [5, 5.41) is 0. The first-order chi connectivity index (χ1) is 11.6. The van der Waals surface area contributed by atoms with Crippen LogP contribution in [0.25, 0.3) is 0 Å². The van der Waals surface area contributed by atoms with E-state index in [1.165, 1.54) is 0 Å². The molecule has 25 heavy (non-hydrogen) atoms. The second kappa shape index (κ2) is 9.12. The summed E-state index contributed by atoms with van der Waals surface area (Å²) in [6.07, 6.45) is 0.349. The molecule has 0 bridgehead atoms. The van der Waals surface area contributed by atoms with Crippen LogP contribution in [0.3, 0.4) is 0 Å². The highest BCUT2D eigenvalue weighted by molar-refractivity contribution is 5.73. The highest BCUT2D eigenvalue weighted by atomic mass is 16.5. The maximum atomic E-state index is 11.9. The average Bonchev–Trinajstić information content (AvgIpc) is 2.45. The Labute approximate surface area is 153 Å². The SMILES string of the molecule is CCOC(=O)CC(C)(C)c1ccc(N(CC(C)C)CC(C)C)c(N)c1. The van der Waals surface area contributed by atoms with Gasteiger partial charge in [-0.1, -0.05) is 47.6 Å². The van der Waals surface area contributed by atoms with Gasteiger partial charge in [0.1, 0.15) is 0 Å². The van der Waals surface area contributed by atoms with Crippen LogP contribution in [0.2, 0.25) is 0 Å². The number of hydrogen-bond acceptors (Lipinski definition) is 4. The fourth-order valence-corrected chi connectivity index (χ4v) is 3.09. The van der Waals surface area contributed by atoms with E-state index < -0.39 is 0 Å². The molecule has 1 aromatic carbocycles. The molecule has 0 atom stereocenters. The summed E-state index contributed by atoms with van der Waals surface area (Å²) in [4.78, 5) is 14.2. The first kappa shape index (κ1) is 21.3. The Morgan fingerprint density at radius 2 is 1.72 bits per heavy atom. The second-order valence-corrected chi connectivity index (χ2v) is 8.33. The number of anilines is 2. The van der Waals surface area contributed by atoms with Gasteiger partial charge < -0.3 is 15.4 Å². The number of benzene rings is 1. The molecule has 0 radical (unpaired) electrons. The predicted molar refractivity (Wildman–Crippen MR) is 107 cm³/mol. The molecule has 2 N–H and O–H groups in total. The first-order valence-corrected chi connectivity index (χ1v) is 9.37. The maximum Gasteiger partial charge on any atom is 0.306 e. The van der Waals surface area contributed by atoms with E-state index in [9.17, 15) is 4.79 Å². The molecule has 142 valence electrons. The molecule has 0 saturated heterocycles. The molecular formula is C21H36N2O2. The predicted octanol–water partition coefficient (Wildman–Crippen LogP) is 4.62. The van der Waals surface area contributed by atoms with Crippen LogP contribution >= 0.6 is 0 Å². The Morgan fingerprint density at radius 3 is 2.16 bits per heavy atom. The van der Waals surface area contributed by atoms with Crippen molar-refractivity contribution in [2.24, 2.45) is 11.8 Å². The zero-order valence-corrected chi connectivity index (χ0v) is 17.1. The molecular weight excluding hydrogens is 312 g/mol. The standard InChI is InChI=1S/C21H36N2O2/c1-8-25-20(24)12-21(6,7)17-9-10-19(18(22)11-17)23(13-15(2)3)14-16(4)5/h9-11,15-16H,8,12-14,22H2,1-7H3. The molecule has 1 aromatic rings. The van der Waals surface area contributed by atoms with Crippen molar-refractivity contribution in [2.75, 3.05) is 30.3 Å². The van der Waals surface area contributed by atoms with Gasteiger partial charge in [0.15, 0.2) is 0 Å².